The number of nitrogens with one attached hydrogen (secondary N) is 2. The Kier molecular flexibility index (Phi) is 8.00. The third-order valence-corrected chi connectivity index (χ3v) is 5.25. The van der Waals surface area contributed by atoms with E-state index >= 15 is 0 Å². The summed E-state index contributed by atoms with van der Waals surface area (Å²) in [5.74, 6) is 2.01. The summed E-state index contributed by atoms with van der Waals surface area (Å²) in [6, 6.07) is 9.98. The first-order valence-corrected chi connectivity index (χ1v) is 10.8. The summed E-state index contributed by atoms with van der Waals surface area (Å²) >= 11 is 0. The second-order valence-corrected chi connectivity index (χ2v) is 8.76. The van der Waals surface area contributed by atoms with Gasteiger partial charge in [-0.2, -0.15) is 0 Å². The van der Waals surface area contributed by atoms with E-state index < -0.39 is 6.09 Å². The van der Waals surface area contributed by atoms with E-state index in [0.717, 1.165) is 36.6 Å². The summed E-state index contributed by atoms with van der Waals surface area (Å²) in [5, 5.41) is 14.9. The molecular weight excluding hydrogens is 396 g/mol. The summed E-state index contributed by atoms with van der Waals surface area (Å²) in [6.45, 7) is 6.75. The fraction of sp³-hybridized carbons (Fsp3) is 0.591. The van der Waals surface area contributed by atoms with Gasteiger partial charge < -0.3 is 30.4 Å². The van der Waals surface area contributed by atoms with Gasteiger partial charge in [-0.15, -0.1) is 10.2 Å². The molecular formula is C22H34N6O3. The van der Waals surface area contributed by atoms with Crippen LogP contribution in [0.15, 0.2) is 30.3 Å². The maximum Gasteiger partial charge on any atom is 0.406 e. The molecule has 1 aromatic carbocycles. The van der Waals surface area contributed by atoms with Crippen LogP contribution < -0.4 is 16.4 Å². The lowest BCUT2D eigenvalue weighted by atomic mass is 9.98. The number of benzene rings is 1. The van der Waals surface area contributed by atoms with E-state index in [0.29, 0.717) is 26.4 Å². The molecule has 0 radical (unpaired) electrons. The molecule has 0 saturated heterocycles. The number of amides is 1. The highest BCUT2D eigenvalue weighted by Gasteiger charge is 2.28. The molecule has 9 nitrogen and oxygen atoms in total. The first-order chi connectivity index (χ1) is 14.9. The van der Waals surface area contributed by atoms with Gasteiger partial charge in [0.15, 0.2) is 5.82 Å². The largest absolute Gasteiger partial charge is 0.449 e. The van der Waals surface area contributed by atoms with Crippen LogP contribution in [0.5, 0.6) is 0 Å². The number of nitrogens with two attached hydrogens (primary N) is 1. The van der Waals surface area contributed by atoms with Gasteiger partial charge in [0.25, 0.3) is 0 Å². The van der Waals surface area contributed by atoms with E-state index in [4.69, 9.17) is 15.2 Å². The zero-order chi connectivity index (χ0) is 22.3. The second-order valence-electron chi connectivity index (χ2n) is 8.76. The normalized spacial score (nSPS) is 17.1. The van der Waals surface area contributed by atoms with Gasteiger partial charge >= 0.3 is 6.09 Å². The Morgan fingerprint density at radius 2 is 2.10 bits per heavy atom. The van der Waals surface area contributed by atoms with E-state index in [1.54, 1.807) is 7.05 Å². The standard InChI is InChI=1S/C22H34N6O3/c1-22(2,23)15-25-18(14-30-12-16-7-5-4-6-8-16)20-27-26-19-11-17(9-10-28(19)20)13-31-21(29)24-3/h4-8,17-18,25H,9-15,23H2,1-3H3,(H,24,29)/t17?,18-/m1/s1. The minimum atomic E-state index is -0.406. The SMILES string of the molecule is CNC(=O)OCC1CCn2c(nnc2[C@@H](COCc2ccccc2)NCC(C)(C)N)C1. The number of ether oxygens (including phenoxy) is 2. The van der Waals surface area contributed by atoms with E-state index in [-0.39, 0.29) is 17.5 Å². The molecule has 0 spiro atoms. The number of carbonyl (C=O) groups excluding carboxylic acids is 1. The Bertz CT molecular complexity index is 834. The molecule has 31 heavy (non-hydrogen) atoms. The topological polar surface area (TPSA) is 116 Å². The molecule has 0 saturated carbocycles. The molecule has 4 N–H and O–H groups in total. The van der Waals surface area contributed by atoms with Crippen molar-refractivity contribution in [2.75, 3.05) is 26.8 Å². The van der Waals surface area contributed by atoms with Crippen molar-refractivity contribution in [1.82, 2.24) is 25.4 Å². The fourth-order valence-corrected chi connectivity index (χ4v) is 3.56. The van der Waals surface area contributed by atoms with Crippen LogP contribution in [0.2, 0.25) is 0 Å². The lowest BCUT2D eigenvalue weighted by molar-refractivity contribution is 0.0928. The van der Waals surface area contributed by atoms with Crippen LogP contribution in [0.1, 0.15) is 43.5 Å². The molecule has 9 heteroatoms. The molecule has 0 fully saturated rings. The highest BCUT2D eigenvalue weighted by molar-refractivity contribution is 5.66. The maximum absolute atomic E-state index is 11.4. The van der Waals surface area contributed by atoms with Gasteiger partial charge in [-0.05, 0) is 25.8 Å². The number of rotatable bonds is 10. The molecule has 1 aliphatic heterocycles. The number of hydrogen-bond acceptors (Lipinski definition) is 7. The summed E-state index contributed by atoms with van der Waals surface area (Å²) < 4.78 is 13.4. The van der Waals surface area contributed by atoms with Crippen molar-refractivity contribution in [3.8, 4) is 0 Å². The van der Waals surface area contributed by atoms with Gasteiger partial charge in [-0.1, -0.05) is 30.3 Å². The van der Waals surface area contributed by atoms with Crippen molar-refractivity contribution in [3.05, 3.63) is 47.5 Å². The quantitative estimate of drug-likeness (QED) is 0.526. The monoisotopic (exact) mass is 430 g/mol. The molecule has 1 aromatic heterocycles. The fourth-order valence-electron chi connectivity index (χ4n) is 3.56. The molecule has 2 aromatic rings. The van der Waals surface area contributed by atoms with Gasteiger partial charge in [0.05, 0.1) is 25.9 Å². The number of nitrogens with zero attached hydrogens (tertiary/aromatic N) is 3. The zero-order valence-corrected chi connectivity index (χ0v) is 18.6. The number of fused-ring (bicyclic) bond motifs is 1. The Morgan fingerprint density at radius 1 is 1.32 bits per heavy atom. The van der Waals surface area contributed by atoms with Crippen molar-refractivity contribution in [2.45, 2.75) is 51.4 Å². The minimum absolute atomic E-state index is 0.119. The summed E-state index contributed by atoms with van der Waals surface area (Å²) in [6.07, 6.45) is 1.22. The Morgan fingerprint density at radius 3 is 2.81 bits per heavy atom. The van der Waals surface area contributed by atoms with Crippen molar-refractivity contribution >= 4 is 6.09 Å². The summed E-state index contributed by atoms with van der Waals surface area (Å²) in [7, 11) is 1.56. The van der Waals surface area contributed by atoms with Crippen molar-refractivity contribution < 1.29 is 14.3 Å². The van der Waals surface area contributed by atoms with Crippen molar-refractivity contribution in [1.29, 1.82) is 0 Å². The molecule has 170 valence electrons. The number of carbonyl (C=O) groups is 1. The minimum Gasteiger partial charge on any atom is -0.449 e. The molecule has 3 rings (SSSR count). The molecule has 1 unspecified atom stereocenters. The average Bonchev–Trinajstić information content (AvgIpc) is 3.17. The van der Waals surface area contributed by atoms with E-state index in [1.165, 1.54) is 0 Å². The smallest absolute Gasteiger partial charge is 0.406 e. The van der Waals surface area contributed by atoms with Crippen LogP contribution in [0.4, 0.5) is 4.79 Å². The predicted molar refractivity (Wildman–Crippen MR) is 117 cm³/mol. The van der Waals surface area contributed by atoms with Crippen LogP contribution in [0.3, 0.4) is 0 Å². The number of hydrogen-bond donors (Lipinski definition) is 3. The molecule has 1 aliphatic rings. The van der Waals surface area contributed by atoms with Gasteiger partial charge in [0, 0.05) is 38.0 Å². The molecule has 2 heterocycles. The third kappa shape index (κ3) is 7.02. The first-order valence-electron chi connectivity index (χ1n) is 10.8. The summed E-state index contributed by atoms with van der Waals surface area (Å²) in [4.78, 5) is 11.4. The van der Waals surface area contributed by atoms with Crippen molar-refractivity contribution in [3.63, 3.8) is 0 Å². The van der Waals surface area contributed by atoms with E-state index in [2.05, 4.69) is 25.4 Å². The third-order valence-electron chi connectivity index (χ3n) is 5.25. The average molecular weight is 431 g/mol. The highest BCUT2D eigenvalue weighted by atomic mass is 16.5. The van der Waals surface area contributed by atoms with Crippen LogP contribution in [0, 0.1) is 5.92 Å². The summed E-state index contributed by atoms with van der Waals surface area (Å²) in [5.41, 5.74) is 6.96. The lowest BCUT2D eigenvalue weighted by Crippen LogP contribution is -2.45. The van der Waals surface area contributed by atoms with E-state index in [1.807, 2.05) is 44.2 Å². The van der Waals surface area contributed by atoms with Crippen molar-refractivity contribution in [2.24, 2.45) is 11.7 Å². The van der Waals surface area contributed by atoms with E-state index in [9.17, 15) is 4.79 Å². The van der Waals surface area contributed by atoms with Crippen LogP contribution in [0.25, 0.3) is 0 Å². The predicted octanol–water partition coefficient (Wildman–Crippen LogP) is 1.78. The van der Waals surface area contributed by atoms with Gasteiger partial charge in [-0.3, -0.25) is 0 Å². The molecule has 1 amide bonds. The lowest BCUT2D eigenvalue weighted by Gasteiger charge is -2.27. The van der Waals surface area contributed by atoms with Gasteiger partial charge in [0.1, 0.15) is 5.82 Å². The maximum atomic E-state index is 11.4. The second kappa shape index (κ2) is 10.7. The Balaban J connectivity index is 1.65. The van der Waals surface area contributed by atoms with Crippen LogP contribution in [-0.2, 0) is 29.0 Å². The Labute approximate surface area is 183 Å². The first kappa shape index (κ1) is 23.2. The Hall–Kier alpha value is -2.49. The number of aromatic nitrogens is 3. The molecule has 0 aliphatic carbocycles. The molecule has 0 bridgehead atoms. The van der Waals surface area contributed by atoms with Gasteiger partial charge in [-0.25, -0.2) is 4.79 Å². The number of alkyl carbamates (subject to hydrolysis) is 1. The van der Waals surface area contributed by atoms with Crippen LogP contribution in [-0.4, -0.2) is 53.2 Å². The van der Waals surface area contributed by atoms with Gasteiger partial charge in [0.2, 0.25) is 0 Å². The molecule has 2 atom stereocenters. The van der Waals surface area contributed by atoms with Crippen LogP contribution >= 0.6 is 0 Å². The highest BCUT2D eigenvalue weighted by Crippen LogP contribution is 2.24. The zero-order valence-electron chi connectivity index (χ0n) is 18.6.